The van der Waals surface area contributed by atoms with Gasteiger partial charge in [-0.2, -0.15) is 10.4 Å². The molecule has 2 aromatic heterocycles. The second-order valence-corrected chi connectivity index (χ2v) is 8.71. The Balaban J connectivity index is 1.26. The second kappa shape index (κ2) is 8.97. The fourth-order valence-electron chi connectivity index (χ4n) is 4.00. The molecule has 2 atom stereocenters. The molecule has 2 saturated carbocycles. The molecule has 2 fully saturated rings. The van der Waals surface area contributed by atoms with Crippen molar-refractivity contribution in [3.63, 3.8) is 0 Å². The van der Waals surface area contributed by atoms with Crippen LogP contribution in [-0.2, 0) is 6.54 Å². The highest BCUT2D eigenvalue weighted by molar-refractivity contribution is 5.65. The van der Waals surface area contributed by atoms with Gasteiger partial charge in [-0.15, -0.1) is 0 Å². The number of nitrogens with one attached hydrogen (secondary N) is 1. The van der Waals surface area contributed by atoms with Crippen LogP contribution in [0.15, 0.2) is 42.9 Å². The zero-order valence-electron chi connectivity index (χ0n) is 17.8. The van der Waals surface area contributed by atoms with Gasteiger partial charge in [-0.25, -0.2) is 9.97 Å². The molecule has 164 valence electrons. The number of ether oxygens (including phenoxy) is 1. The predicted molar refractivity (Wildman–Crippen MR) is 119 cm³/mol. The van der Waals surface area contributed by atoms with E-state index in [2.05, 4.69) is 26.5 Å². The van der Waals surface area contributed by atoms with Crippen LogP contribution in [0.25, 0.3) is 11.3 Å². The third-order valence-electron chi connectivity index (χ3n) is 6.37. The number of nitriles is 1. The Morgan fingerprint density at radius 2 is 2.16 bits per heavy atom. The Labute approximate surface area is 186 Å². The first-order chi connectivity index (χ1) is 15.7. The summed E-state index contributed by atoms with van der Waals surface area (Å²) in [6, 6.07) is 9.65. The number of aliphatic hydroxyl groups excluding tert-OH is 1. The lowest BCUT2D eigenvalue weighted by molar-refractivity contribution is 0.180. The van der Waals surface area contributed by atoms with Crippen molar-refractivity contribution < 1.29 is 9.84 Å². The van der Waals surface area contributed by atoms with E-state index in [1.165, 1.54) is 19.3 Å². The van der Waals surface area contributed by atoms with Crippen molar-refractivity contribution in [1.82, 2.24) is 19.7 Å². The Hall–Kier alpha value is -3.44. The molecule has 5 rings (SSSR count). The molecular formula is C24H26N6O2. The van der Waals surface area contributed by atoms with Gasteiger partial charge < -0.3 is 15.2 Å². The van der Waals surface area contributed by atoms with Gasteiger partial charge in [0.1, 0.15) is 11.8 Å². The smallest absolute Gasteiger partial charge is 0.227 e. The van der Waals surface area contributed by atoms with E-state index in [4.69, 9.17) is 4.74 Å². The maximum Gasteiger partial charge on any atom is 0.227 e. The van der Waals surface area contributed by atoms with Crippen LogP contribution in [0, 0.1) is 29.1 Å². The molecule has 8 heteroatoms. The Morgan fingerprint density at radius 1 is 1.25 bits per heavy atom. The van der Waals surface area contributed by atoms with E-state index < -0.39 is 0 Å². The van der Waals surface area contributed by atoms with Crippen molar-refractivity contribution in [1.29, 1.82) is 5.26 Å². The normalized spacial score (nSPS) is 19.8. The minimum atomic E-state index is 0.249. The van der Waals surface area contributed by atoms with Gasteiger partial charge in [0.25, 0.3) is 0 Å². The van der Waals surface area contributed by atoms with Crippen molar-refractivity contribution in [2.75, 3.05) is 18.5 Å². The van der Waals surface area contributed by atoms with Crippen LogP contribution in [0.4, 0.5) is 11.6 Å². The lowest BCUT2D eigenvalue weighted by Crippen LogP contribution is -2.19. The van der Waals surface area contributed by atoms with Gasteiger partial charge in [0.05, 0.1) is 29.7 Å². The standard InChI is InChI=1S/C24H26N6O2/c25-10-18-8-17(4-5-23(18)32-15-16-2-1-3-16)22-6-7-26-24(29-22)28-21-11-27-30(13-21)12-19-9-20(19)14-31/h4-8,11,13,16,19-20,31H,1-3,9,12,14-15H2,(H,26,28,29)/t19-,20-/m1/s1. The summed E-state index contributed by atoms with van der Waals surface area (Å²) in [4.78, 5) is 8.92. The average Bonchev–Trinajstić information content (AvgIpc) is 3.40. The van der Waals surface area contributed by atoms with Gasteiger partial charge in [-0.3, -0.25) is 4.68 Å². The van der Waals surface area contributed by atoms with Crippen LogP contribution in [0.5, 0.6) is 5.75 Å². The van der Waals surface area contributed by atoms with E-state index in [1.54, 1.807) is 12.4 Å². The number of hydrogen-bond donors (Lipinski definition) is 2. The monoisotopic (exact) mass is 430 g/mol. The molecule has 0 aliphatic heterocycles. The molecule has 3 aromatic rings. The molecular weight excluding hydrogens is 404 g/mol. The summed E-state index contributed by atoms with van der Waals surface area (Å²) < 4.78 is 7.77. The molecule has 0 unspecified atom stereocenters. The summed E-state index contributed by atoms with van der Waals surface area (Å²) in [5.41, 5.74) is 2.88. The summed E-state index contributed by atoms with van der Waals surface area (Å²) in [5.74, 6) is 2.61. The topological polar surface area (TPSA) is 109 Å². The van der Waals surface area contributed by atoms with Gasteiger partial charge in [-0.1, -0.05) is 6.42 Å². The molecule has 32 heavy (non-hydrogen) atoms. The first-order valence-electron chi connectivity index (χ1n) is 11.1. The number of benzene rings is 1. The van der Waals surface area contributed by atoms with E-state index in [0.717, 1.165) is 29.9 Å². The summed E-state index contributed by atoms with van der Waals surface area (Å²) in [7, 11) is 0. The molecule has 2 N–H and O–H groups in total. The third-order valence-corrected chi connectivity index (χ3v) is 6.37. The maximum absolute atomic E-state index is 9.58. The summed E-state index contributed by atoms with van der Waals surface area (Å²) >= 11 is 0. The molecule has 0 spiro atoms. The third kappa shape index (κ3) is 4.58. The van der Waals surface area contributed by atoms with Crippen molar-refractivity contribution in [3.8, 4) is 23.1 Å². The number of aromatic nitrogens is 4. The van der Waals surface area contributed by atoms with Crippen LogP contribution >= 0.6 is 0 Å². The van der Waals surface area contributed by atoms with Crippen molar-refractivity contribution in [3.05, 3.63) is 48.4 Å². The lowest BCUT2D eigenvalue weighted by Gasteiger charge is -2.25. The number of anilines is 2. The second-order valence-electron chi connectivity index (χ2n) is 8.71. The molecule has 2 heterocycles. The van der Waals surface area contributed by atoms with Gasteiger partial charge >= 0.3 is 0 Å². The van der Waals surface area contributed by atoms with E-state index in [9.17, 15) is 10.4 Å². The van der Waals surface area contributed by atoms with Crippen LogP contribution in [0.2, 0.25) is 0 Å². The summed E-state index contributed by atoms with van der Waals surface area (Å²) in [5, 5.41) is 26.4. The van der Waals surface area contributed by atoms with Crippen molar-refractivity contribution in [2.24, 2.45) is 17.8 Å². The summed E-state index contributed by atoms with van der Waals surface area (Å²) in [6.07, 6.45) is 10.1. The van der Waals surface area contributed by atoms with Crippen LogP contribution in [0.1, 0.15) is 31.2 Å². The van der Waals surface area contributed by atoms with E-state index in [0.29, 0.717) is 41.6 Å². The molecule has 2 aliphatic rings. The molecule has 0 amide bonds. The Kier molecular flexibility index (Phi) is 5.73. The van der Waals surface area contributed by atoms with Gasteiger partial charge in [-0.05, 0) is 61.3 Å². The van der Waals surface area contributed by atoms with Crippen molar-refractivity contribution in [2.45, 2.75) is 32.2 Å². The predicted octanol–water partition coefficient (Wildman–Crippen LogP) is 3.76. The van der Waals surface area contributed by atoms with E-state index in [-0.39, 0.29) is 6.61 Å². The Bertz CT molecular complexity index is 1130. The Morgan fingerprint density at radius 3 is 2.91 bits per heavy atom. The van der Waals surface area contributed by atoms with Gasteiger partial charge in [0.15, 0.2) is 0 Å². The first kappa shape index (κ1) is 20.5. The number of hydrogen-bond acceptors (Lipinski definition) is 7. The van der Waals surface area contributed by atoms with Gasteiger partial charge in [0, 0.05) is 31.1 Å². The molecule has 0 bridgehead atoms. The van der Waals surface area contributed by atoms with Crippen LogP contribution in [-0.4, -0.2) is 38.1 Å². The van der Waals surface area contributed by atoms with Crippen molar-refractivity contribution >= 4 is 11.6 Å². The largest absolute Gasteiger partial charge is 0.492 e. The highest BCUT2D eigenvalue weighted by Crippen LogP contribution is 2.39. The summed E-state index contributed by atoms with van der Waals surface area (Å²) in [6.45, 7) is 1.73. The highest BCUT2D eigenvalue weighted by atomic mass is 16.5. The van der Waals surface area contributed by atoms with E-state index >= 15 is 0 Å². The minimum Gasteiger partial charge on any atom is -0.492 e. The molecule has 8 nitrogen and oxygen atoms in total. The quantitative estimate of drug-likeness (QED) is 0.532. The molecule has 0 radical (unpaired) electrons. The van der Waals surface area contributed by atoms with Crippen LogP contribution in [0.3, 0.4) is 0 Å². The molecule has 0 saturated heterocycles. The number of rotatable bonds is 9. The number of nitrogens with zero attached hydrogens (tertiary/aromatic N) is 5. The fraction of sp³-hybridized carbons (Fsp3) is 0.417. The van der Waals surface area contributed by atoms with Gasteiger partial charge in [0.2, 0.25) is 5.95 Å². The average molecular weight is 431 g/mol. The highest BCUT2D eigenvalue weighted by Gasteiger charge is 2.36. The zero-order valence-corrected chi connectivity index (χ0v) is 17.8. The molecule has 2 aliphatic carbocycles. The lowest BCUT2D eigenvalue weighted by atomic mass is 9.86. The molecule has 1 aromatic carbocycles. The van der Waals surface area contributed by atoms with Crippen LogP contribution < -0.4 is 10.1 Å². The van der Waals surface area contributed by atoms with E-state index in [1.807, 2.05) is 35.1 Å². The zero-order chi connectivity index (χ0) is 21.9. The minimum absolute atomic E-state index is 0.249. The number of aliphatic hydroxyl groups is 1. The first-order valence-corrected chi connectivity index (χ1v) is 11.1. The SMILES string of the molecule is N#Cc1cc(-c2ccnc(Nc3cnn(C[C@H]4C[C@@H]4CO)c3)n2)ccc1OCC1CCC1. The fourth-order valence-corrected chi connectivity index (χ4v) is 4.00. The maximum atomic E-state index is 9.58.